The van der Waals surface area contributed by atoms with Crippen molar-refractivity contribution in [2.75, 3.05) is 26.2 Å². The molecule has 1 saturated heterocycles. The topological polar surface area (TPSA) is 15.3 Å². The van der Waals surface area contributed by atoms with E-state index in [0.717, 1.165) is 19.0 Å². The third-order valence-corrected chi connectivity index (χ3v) is 4.59. The molecule has 1 aromatic carbocycles. The zero-order valence-corrected chi connectivity index (χ0v) is 11.1. The van der Waals surface area contributed by atoms with Gasteiger partial charge < -0.3 is 5.32 Å². The van der Waals surface area contributed by atoms with Crippen LogP contribution in [0.5, 0.6) is 0 Å². The highest BCUT2D eigenvalue weighted by atomic mass is 15.2. The molecule has 0 spiro atoms. The van der Waals surface area contributed by atoms with Crippen LogP contribution in [-0.4, -0.2) is 31.1 Å². The Labute approximate surface area is 110 Å². The highest BCUT2D eigenvalue weighted by Gasteiger charge is 2.25. The first-order chi connectivity index (χ1) is 8.93. The summed E-state index contributed by atoms with van der Waals surface area (Å²) in [5.74, 6) is 1.02. The van der Waals surface area contributed by atoms with Crippen molar-refractivity contribution in [2.24, 2.45) is 5.92 Å². The number of piperazine rings is 1. The number of hydrogen-bond acceptors (Lipinski definition) is 2. The summed E-state index contributed by atoms with van der Waals surface area (Å²) in [5, 5.41) is 3.54. The van der Waals surface area contributed by atoms with E-state index < -0.39 is 0 Å². The average molecular weight is 244 g/mol. The van der Waals surface area contributed by atoms with Crippen molar-refractivity contribution in [3.05, 3.63) is 35.9 Å². The van der Waals surface area contributed by atoms with Gasteiger partial charge in [-0.3, -0.25) is 4.90 Å². The molecule has 98 valence electrons. The molecule has 3 rings (SSSR count). The highest BCUT2D eigenvalue weighted by molar-refractivity contribution is 5.20. The van der Waals surface area contributed by atoms with Gasteiger partial charge in [-0.25, -0.2) is 0 Å². The largest absolute Gasteiger partial charge is 0.314 e. The van der Waals surface area contributed by atoms with E-state index in [4.69, 9.17) is 0 Å². The number of nitrogens with zero attached hydrogens (tertiary/aromatic N) is 1. The summed E-state index contributed by atoms with van der Waals surface area (Å²) in [6.07, 6.45) is 5.82. The van der Waals surface area contributed by atoms with Crippen LogP contribution in [-0.2, 0) is 0 Å². The van der Waals surface area contributed by atoms with Gasteiger partial charge in [0.15, 0.2) is 0 Å². The van der Waals surface area contributed by atoms with E-state index in [-0.39, 0.29) is 0 Å². The minimum atomic E-state index is 0.583. The van der Waals surface area contributed by atoms with Gasteiger partial charge in [-0.1, -0.05) is 49.6 Å². The lowest BCUT2D eigenvalue weighted by Gasteiger charge is -2.38. The Bertz CT molecular complexity index is 359. The molecule has 0 radical (unpaired) electrons. The Balaban J connectivity index is 1.62. The number of rotatable bonds is 4. The summed E-state index contributed by atoms with van der Waals surface area (Å²) in [4.78, 5) is 2.68. The fraction of sp³-hybridized carbons (Fsp3) is 0.625. The molecule has 1 aromatic rings. The van der Waals surface area contributed by atoms with E-state index >= 15 is 0 Å². The van der Waals surface area contributed by atoms with Crippen molar-refractivity contribution in [1.29, 1.82) is 0 Å². The molecule has 0 amide bonds. The predicted octanol–water partition coefficient (Wildman–Crippen LogP) is 2.82. The quantitative estimate of drug-likeness (QED) is 0.876. The van der Waals surface area contributed by atoms with Crippen LogP contribution in [0.15, 0.2) is 30.3 Å². The Morgan fingerprint density at radius 2 is 2.00 bits per heavy atom. The molecule has 1 aliphatic carbocycles. The second-order valence-electron chi connectivity index (χ2n) is 5.75. The Morgan fingerprint density at radius 1 is 1.17 bits per heavy atom. The molecule has 0 bridgehead atoms. The molecule has 2 aliphatic rings. The summed E-state index contributed by atoms with van der Waals surface area (Å²) in [6.45, 7) is 4.74. The maximum absolute atomic E-state index is 3.54. The van der Waals surface area contributed by atoms with E-state index in [0.29, 0.717) is 6.04 Å². The lowest BCUT2D eigenvalue weighted by molar-refractivity contribution is 0.139. The summed E-state index contributed by atoms with van der Waals surface area (Å²) >= 11 is 0. The van der Waals surface area contributed by atoms with Crippen LogP contribution < -0.4 is 5.32 Å². The Morgan fingerprint density at radius 3 is 2.72 bits per heavy atom. The first kappa shape index (κ1) is 12.2. The molecular weight excluding hydrogens is 220 g/mol. The number of benzene rings is 1. The second kappa shape index (κ2) is 5.85. The average Bonchev–Trinajstić information content (AvgIpc) is 2.39. The second-order valence-corrected chi connectivity index (χ2v) is 5.75. The maximum atomic E-state index is 3.54. The van der Waals surface area contributed by atoms with Crippen LogP contribution >= 0.6 is 0 Å². The fourth-order valence-electron chi connectivity index (χ4n) is 3.15. The molecule has 1 atom stereocenters. The Kier molecular flexibility index (Phi) is 3.96. The van der Waals surface area contributed by atoms with Crippen LogP contribution in [0.2, 0.25) is 0 Å². The maximum Gasteiger partial charge on any atom is 0.0473 e. The minimum Gasteiger partial charge on any atom is -0.314 e. The lowest BCUT2D eigenvalue weighted by atomic mass is 9.83. The molecule has 2 nitrogen and oxygen atoms in total. The molecular formula is C16H24N2. The molecule has 1 N–H and O–H groups in total. The van der Waals surface area contributed by atoms with E-state index in [1.807, 2.05) is 0 Å². The van der Waals surface area contributed by atoms with E-state index in [2.05, 4.69) is 40.5 Å². The van der Waals surface area contributed by atoms with Crippen molar-refractivity contribution < 1.29 is 0 Å². The summed E-state index contributed by atoms with van der Waals surface area (Å²) in [6, 6.07) is 11.6. The smallest absolute Gasteiger partial charge is 0.0473 e. The molecule has 2 fully saturated rings. The SMILES string of the molecule is c1ccc(C2CNCCN2CCC2CCC2)cc1. The molecule has 1 aliphatic heterocycles. The molecule has 1 heterocycles. The third kappa shape index (κ3) is 2.76. The predicted molar refractivity (Wildman–Crippen MR) is 75.6 cm³/mol. The van der Waals surface area contributed by atoms with E-state index in [1.165, 1.54) is 44.3 Å². The van der Waals surface area contributed by atoms with Crippen molar-refractivity contribution in [3.63, 3.8) is 0 Å². The normalized spacial score (nSPS) is 25.9. The minimum absolute atomic E-state index is 0.583. The first-order valence-corrected chi connectivity index (χ1v) is 7.43. The molecule has 0 aromatic heterocycles. The molecule has 18 heavy (non-hydrogen) atoms. The van der Waals surface area contributed by atoms with E-state index in [9.17, 15) is 0 Å². The van der Waals surface area contributed by atoms with Gasteiger partial charge in [0, 0.05) is 25.7 Å². The van der Waals surface area contributed by atoms with Gasteiger partial charge in [0.05, 0.1) is 0 Å². The standard InChI is InChI=1S/C16H24N2/c1-2-7-15(8-3-1)16-13-17-10-12-18(16)11-9-14-5-4-6-14/h1-3,7-8,14,16-17H,4-6,9-13H2. The molecule has 1 saturated carbocycles. The van der Waals surface area contributed by atoms with Gasteiger partial charge in [0.2, 0.25) is 0 Å². The summed E-state index contributed by atoms with van der Waals surface area (Å²) in [5.41, 5.74) is 1.47. The zero-order valence-electron chi connectivity index (χ0n) is 11.1. The summed E-state index contributed by atoms with van der Waals surface area (Å²) in [7, 11) is 0. The fourth-order valence-corrected chi connectivity index (χ4v) is 3.15. The molecule has 2 heteroatoms. The van der Waals surface area contributed by atoms with Gasteiger partial charge in [-0.2, -0.15) is 0 Å². The van der Waals surface area contributed by atoms with Crippen molar-refractivity contribution >= 4 is 0 Å². The van der Waals surface area contributed by atoms with Crippen LogP contribution in [0.4, 0.5) is 0 Å². The van der Waals surface area contributed by atoms with Gasteiger partial charge >= 0.3 is 0 Å². The van der Waals surface area contributed by atoms with Crippen LogP contribution in [0.1, 0.15) is 37.3 Å². The first-order valence-electron chi connectivity index (χ1n) is 7.43. The molecule has 1 unspecified atom stereocenters. The summed E-state index contributed by atoms with van der Waals surface area (Å²) < 4.78 is 0. The van der Waals surface area contributed by atoms with Crippen molar-refractivity contribution in [2.45, 2.75) is 31.7 Å². The lowest BCUT2D eigenvalue weighted by Crippen LogP contribution is -2.46. The van der Waals surface area contributed by atoms with Crippen molar-refractivity contribution in [3.8, 4) is 0 Å². The van der Waals surface area contributed by atoms with Crippen molar-refractivity contribution in [1.82, 2.24) is 10.2 Å². The number of hydrogen-bond donors (Lipinski definition) is 1. The van der Waals surface area contributed by atoms with Crippen LogP contribution in [0.25, 0.3) is 0 Å². The number of nitrogens with one attached hydrogen (secondary N) is 1. The van der Waals surface area contributed by atoms with E-state index in [1.54, 1.807) is 0 Å². The van der Waals surface area contributed by atoms with Crippen LogP contribution in [0, 0.1) is 5.92 Å². The monoisotopic (exact) mass is 244 g/mol. The van der Waals surface area contributed by atoms with Gasteiger partial charge in [-0.05, 0) is 24.4 Å². The Hall–Kier alpha value is -0.860. The van der Waals surface area contributed by atoms with Crippen LogP contribution in [0.3, 0.4) is 0 Å². The zero-order chi connectivity index (χ0) is 12.2. The third-order valence-electron chi connectivity index (χ3n) is 4.59. The van der Waals surface area contributed by atoms with Gasteiger partial charge in [-0.15, -0.1) is 0 Å². The van der Waals surface area contributed by atoms with Gasteiger partial charge in [0.25, 0.3) is 0 Å². The highest BCUT2D eigenvalue weighted by Crippen LogP contribution is 2.31. The van der Waals surface area contributed by atoms with Gasteiger partial charge in [0.1, 0.15) is 0 Å².